The Morgan fingerprint density at radius 1 is 1.50 bits per heavy atom. The van der Waals surface area contributed by atoms with Crippen LogP contribution in [0.1, 0.15) is 19.5 Å². The molecular weight excluding hydrogens is 279 g/mol. The Morgan fingerprint density at radius 2 is 2.15 bits per heavy atom. The number of aromatic nitrogens is 2. The van der Waals surface area contributed by atoms with Gasteiger partial charge in [-0.1, -0.05) is 0 Å². The number of esters is 1. The van der Waals surface area contributed by atoms with Crippen LogP contribution < -0.4 is 5.32 Å². The molecule has 0 aliphatic heterocycles. The first-order valence-corrected chi connectivity index (χ1v) is 5.80. The molecule has 0 saturated heterocycles. The van der Waals surface area contributed by atoms with Gasteiger partial charge in [-0.2, -0.15) is 18.3 Å². The molecule has 0 aromatic carbocycles. The number of ether oxygens (including phenoxy) is 1. The number of halogens is 3. The summed E-state index contributed by atoms with van der Waals surface area (Å²) in [6.07, 6.45) is -3.52. The van der Waals surface area contributed by atoms with E-state index in [2.05, 4.69) is 15.2 Å². The molecule has 0 aliphatic rings. The van der Waals surface area contributed by atoms with Crippen LogP contribution in [0.25, 0.3) is 0 Å². The summed E-state index contributed by atoms with van der Waals surface area (Å²) in [6, 6.07) is -0.109. The normalized spacial score (nSPS) is 12.8. The highest BCUT2D eigenvalue weighted by Crippen LogP contribution is 2.27. The summed E-state index contributed by atoms with van der Waals surface area (Å²) in [5, 5.41) is 5.53. The van der Waals surface area contributed by atoms with Gasteiger partial charge in [0.2, 0.25) is 5.91 Å². The molecule has 9 heteroatoms. The lowest BCUT2D eigenvalue weighted by Gasteiger charge is -2.12. The number of carbonyl (C=O) groups excluding carboxylic acids is 2. The molecule has 1 aromatic heterocycles. The van der Waals surface area contributed by atoms with E-state index in [-0.39, 0.29) is 6.61 Å². The smallest absolute Gasteiger partial charge is 0.435 e. The lowest BCUT2D eigenvalue weighted by molar-refractivity contribution is -0.146. The van der Waals surface area contributed by atoms with Gasteiger partial charge < -0.3 is 10.1 Å². The van der Waals surface area contributed by atoms with Crippen molar-refractivity contribution < 1.29 is 27.5 Å². The van der Waals surface area contributed by atoms with Crippen LogP contribution in [0.5, 0.6) is 0 Å². The predicted molar refractivity (Wildman–Crippen MR) is 61.5 cm³/mol. The minimum atomic E-state index is -4.56. The van der Waals surface area contributed by atoms with Crippen molar-refractivity contribution in [3.8, 4) is 0 Å². The van der Waals surface area contributed by atoms with Crippen molar-refractivity contribution in [2.24, 2.45) is 0 Å². The average Bonchev–Trinajstić information content (AvgIpc) is 2.77. The molecule has 0 spiro atoms. The Labute approximate surface area is 112 Å². The first kappa shape index (κ1) is 16.0. The quantitative estimate of drug-likeness (QED) is 0.821. The number of nitrogens with zero attached hydrogens (tertiary/aromatic N) is 2. The molecule has 20 heavy (non-hydrogen) atoms. The fourth-order valence-corrected chi connectivity index (χ4v) is 1.36. The summed E-state index contributed by atoms with van der Waals surface area (Å²) in [5.41, 5.74) is -1.08. The maximum atomic E-state index is 12.3. The van der Waals surface area contributed by atoms with Crippen LogP contribution in [0.3, 0.4) is 0 Å². The van der Waals surface area contributed by atoms with Gasteiger partial charge in [-0.05, 0) is 19.9 Å². The molecule has 1 unspecified atom stereocenters. The second-order valence-electron chi connectivity index (χ2n) is 3.94. The minimum absolute atomic E-state index is 0.174. The number of amides is 1. The molecule has 1 rings (SSSR count). The van der Waals surface area contributed by atoms with Crippen molar-refractivity contribution >= 4 is 11.9 Å². The van der Waals surface area contributed by atoms with Crippen LogP contribution >= 0.6 is 0 Å². The van der Waals surface area contributed by atoms with Crippen molar-refractivity contribution in [3.05, 3.63) is 18.0 Å². The molecule has 112 valence electrons. The van der Waals surface area contributed by atoms with E-state index in [0.717, 1.165) is 16.9 Å². The number of rotatable bonds is 5. The minimum Gasteiger partial charge on any atom is -0.464 e. The van der Waals surface area contributed by atoms with Crippen LogP contribution in [0, 0.1) is 0 Å². The third-order valence-corrected chi connectivity index (χ3v) is 2.25. The molecule has 1 atom stereocenters. The average molecular weight is 293 g/mol. The number of alkyl halides is 3. The van der Waals surface area contributed by atoms with Gasteiger partial charge in [0.15, 0.2) is 5.69 Å². The number of nitrogens with one attached hydrogen (secondary N) is 1. The van der Waals surface area contributed by atoms with Crippen molar-refractivity contribution in [2.75, 3.05) is 6.61 Å². The SMILES string of the molecule is CCOC(=O)C(C)NC(=O)Cn1ccc(C(F)(F)F)n1. The number of carbonyl (C=O) groups is 2. The number of hydrogen-bond donors (Lipinski definition) is 1. The van der Waals surface area contributed by atoms with Crippen LogP contribution in [0.15, 0.2) is 12.3 Å². The molecule has 0 aliphatic carbocycles. The maximum absolute atomic E-state index is 12.3. The van der Waals surface area contributed by atoms with Gasteiger partial charge in [-0.25, -0.2) is 4.79 Å². The van der Waals surface area contributed by atoms with E-state index in [1.165, 1.54) is 6.92 Å². The first-order valence-electron chi connectivity index (χ1n) is 5.80. The van der Waals surface area contributed by atoms with E-state index in [9.17, 15) is 22.8 Å². The summed E-state index contributed by atoms with van der Waals surface area (Å²) in [7, 11) is 0. The second kappa shape index (κ2) is 6.40. The topological polar surface area (TPSA) is 73.2 Å². The molecule has 1 N–H and O–H groups in total. The maximum Gasteiger partial charge on any atom is 0.435 e. The van der Waals surface area contributed by atoms with Crippen LogP contribution in [-0.4, -0.2) is 34.3 Å². The van der Waals surface area contributed by atoms with Gasteiger partial charge in [0.05, 0.1) is 6.61 Å². The lowest BCUT2D eigenvalue weighted by atomic mass is 10.3. The summed E-state index contributed by atoms with van der Waals surface area (Å²) in [6.45, 7) is 2.79. The van der Waals surface area contributed by atoms with Gasteiger partial charge in [-0.15, -0.1) is 0 Å². The van der Waals surface area contributed by atoms with Gasteiger partial charge >= 0.3 is 12.1 Å². The van der Waals surface area contributed by atoms with E-state index in [1.54, 1.807) is 6.92 Å². The number of hydrogen-bond acceptors (Lipinski definition) is 4. The Kier molecular flexibility index (Phi) is 5.12. The Hall–Kier alpha value is -2.06. The van der Waals surface area contributed by atoms with Crippen LogP contribution in [0.4, 0.5) is 13.2 Å². The molecule has 1 amide bonds. The van der Waals surface area contributed by atoms with Crippen molar-refractivity contribution in [2.45, 2.75) is 32.6 Å². The summed E-state index contributed by atoms with van der Waals surface area (Å²) < 4.78 is 42.4. The monoisotopic (exact) mass is 293 g/mol. The van der Waals surface area contributed by atoms with Gasteiger partial charge in [0.25, 0.3) is 0 Å². The standard InChI is InChI=1S/C11H14F3N3O3/c1-3-20-10(19)7(2)15-9(18)6-17-5-4-8(16-17)11(12,13)14/h4-5,7H,3,6H2,1-2H3,(H,15,18). The van der Waals surface area contributed by atoms with E-state index < -0.39 is 36.3 Å². The largest absolute Gasteiger partial charge is 0.464 e. The second-order valence-corrected chi connectivity index (χ2v) is 3.94. The molecule has 1 aromatic rings. The van der Waals surface area contributed by atoms with Crippen molar-refractivity contribution in [1.29, 1.82) is 0 Å². The zero-order valence-corrected chi connectivity index (χ0v) is 10.9. The Balaban J connectivity index is 2.54. The predicted octanol–water partition coefficient (Wildman–Crippen LogP) is 0.970. The van der Waals surface area contributed by atoms with Crippen LogP contribution in [0.2, 0.25) is 0 Å². The third-order valence-electron chi connectivity index (χ3n) is 2.25. The molecule has 0 radical (unpaired) electrons. The lowest BCUT2D eigenvalue weighted by Crippen LogP contribution is -2.41. The van der Waals surface area contributed by atoms with E-state index >= 15 is 0 Å². The molecule has 0 fully saturated rings. The highest BCUT2D eigenvalue weighted by Gasteiger charge is 2.33. The fraction of sp³-hybridized carbons (Fsp3) is 0.545. The van der Waals surface area contributed by atoms with Gasteiger partial charge in [-0.3, -0.25) is 9.48 Å². The molecular formula is C11H14F3N3O3. The van der Waals surface area contributed by atoms with Crippen molar-refractivity contribution in [1.82, 2.24) is 15.1 Å². The summed E-state index contributed by atoms with van der Waals surface area (Å²) in [4.78, 5) is 22.8. The van der Waals surface area contributed by atoms with Gasteiger partial charge in [0.1, 0.15) is 12.6 Å². The highest BCUT2D eigenvalue weighted by molar-refractivity contribution is 5.83. The fourth-order valence-electron chi connectivity index (χ4n) is 1.36. The Morgan fingerprint density at radius 3 is 2.65 bits per heavy atom. The van der Waals surface area contributed by atoms with Crippen molar-refractivity contribution in [3.63, 3.8) is 0 Å². The zero-order valence-electron chi connectivity index (χ0n) is 10.9. The Bertz CT molecular complexity index is 485. The summed E-state index contributed by atoms with van der Waals surface area (Å²) in [5.74, 6) is -1.25. The third kappa shape index (κ3) is 4.56. The van der Waals surface area contributed by atoms with E-state index in [4.69, 9.17) is 0 Å². The molecule has 1 heterocycles. The molecule has 0 saturated carbocycles. The molecule has 6 nitrogen and oxygen atoms in total. The van der Waals surface area contributed by atoms with E-state index in [1.807, 2.05) is 0 Å². The first-order chi connectivity index (χ1) is 9.24. The highest BCUT2D eigenvalue weighted by atomic mass is 19.4. The van der Waals surface area contributed by atoms with Gasteiger partial charge in [0, 0.05) is 6.20 Å². The van der Waals surface area contributed by atoms with Crippen LogP contribution in [-0.2, 0) is 27.0 Å². The zero-order chi connectivity index (χ0) is 15.3. The van der Waals surface area contributed by atoms with E-state index in [0.29, 0.717) is 0 Å². The molecule has 0 bridgehead atoms. The summed E-state index contributed by atoms with van der Waals surface area (Å²) >= 11 is 0.